The zero-order valence-electron chi connectivity index (χ0n) is 16.4. The van der Waals surface area contributed by atoms with Crippen LogP contribution in [0.3, 0.4) is 0 Å². The lowest BCUT2D eigenvalue weighted by Crippen LogP contribution is -2.44. The molecule has 0 heterocycles. The molecule has 0 aliphatic rings. The predicted molar refractivity (Wildman–Crippen MR) is 109 cm³/mol. The Morgan fingerprint density at radius 3 is 2.04 bits per heavy atom. The van der Waals surface area contributed by atoms with Crippen molar-refractivity contribution < 1.29 is 14.7 Å². The molecule has 144 valence electrons. The van der Waals surface area contributed by atoms with Crippen LogP contribution in [0.25, 0.3) is 0 Å². The van der Waals surface area contributed by atoms with Crippen molar-refractivity contribution >= 4 is 22.9 Å². The standard InChI is InChI=1S/C22H28N2O3/c1-5-21(3,19(25)15-11-7-9-13-17(15)23)24-18-14-10-8-12-16(18)20(26)22(4,27)6-2/h7-14,24,27H,5-6,23H2,1-4H3. The fourth-order valence-corrected chi connectivity index (χ4v) is 2.84. The number of nitrogen functional groups attached to an aromatic ring is 1. The topological polar surface area (TPSA) is 92.4 Å². The quantitative estimate of drug-likeness (QED) is 0.482. The van der Waals surface area contributed by atoms with E-state index in [0.29, 0.717) is 35.3 Å². The first-order valence-electron chi connectivity index (χ1n) is 9.20. The van der Waals surface area contributed by atoms with Crippen LogP contribution in [0.1, 0.15) is 61.3 Å². The van der Waals surface area contributed by atoms with Crippen LogP contribution in [0.15, 0.2) is 48.5 Å². The molecule has 0 radical (unpaired) electrons. The van der Waals surface area contributed by atoms with Crippen molar-refractivity contribution in [1.29, 1.82) is 0 Å². The number of rotatable bonds is 8. The van der Waals surface area contributed by atoms with E-state index in [-0.39, 0.29) is 11.6 Å². The van der Waals surface area contributed by atoms with E-state index in [1.807, 2.05) is 6.92 Å². The van der Waals surface area contributed by atoms with Crippen molar-refractivity contribution in [2.45, 2.75) is 51.7 Å². The van der Waals surface area contributed by atoms with Crippen LogP contribution in [0.2, 0.25) is 0 Å². The Morgan fingerprint density at radius 1 is 0.926 bits per heavy atom. The van der Waals surface area contributed by atoms with E-state index in [1.54, 1.807) is 62.4 Å². The number of ketones is 2. The molecule has 5 nitrogen and oxygen atoms in total. The number of aliphatic hydroxyl groups is 1. The SMILES string of the molecule is CCC(C)(O)C(=O)c1ccccc1NC(C)(CC)C(=O)c1ccccc1N. The Hall–Kier alpha value is -2.66. The van der Waals surface area contributed by atoms with E-state index < -0.39 is 11.1 Å². The first kappa shape index (κ1) is 20.6. The highest BCUT2D eigenvalue weighted by Crippen LogP contribution is 2.29. The van der Waals surface area contributed by atoms with Crippen LogP contribution in [-0.2, 0) is 0 Å². The van der Waals surface area contributed by atoms with Crippen LogP contribution in [0.4, 0.5) is 11.4 Å². The van der Waals surface area contributed by atoms with Crippen molar-refractivity contribution in [3.63, 3.8) is 0 Å². The Bertz CT molecular complexity index is 845. The zero-order valence-corrected chi connectivity index (χ0v) is 16.4. The molecule has 4 N–H and O–H groups in total. The Kier molecular flexibility index (Phi) is 6.06. The molecule has 0 fully saturated rings. The molecule has 5 heteroatoms. The van der Waals surface area contributed by atoms with E-state index in [4.69, 9.17) is 5.73 Å². The zero-order chi connectivity index (χ0) is 20.2. The molecule has 0 saturated carbocycles. The molecule has 0 aromatic heterocycles. The van der Waals surface area contributed by atoms with Crippen LogP contribution in [0.5, 0.6) is 0 Å². The minimum absolute atomic E-state index is 0.146. The van der Waals surface area contributed by atoms with Gasteiger partial charge in [0.2, 0.25) is 0 Å². The van der Waals surface area contributed by atoms with Gasteiger partial charge in [0, 0.05) is 22.5 Å². The molecule has 0 saturated heterocycles. The molecule has 0 bridgehead atoms. The van der Waals surface area contributed by atoms with E-state index in [1.165, 1.54) is 6.92 Å². The number of para-hydroxylation sites is 2. The summed E-state index contributed by atoms with van der Waals surface area (Å²) in [5.74, 6) is -0.522. The van der Waals surface area contributed by atoms with E-state index in [9.17, 15) is 14.7 Å². The van der Waals surface area contributed by atoms with Gasteiger partial charge in [-0.05, 0) is 51.0 Å². The molecule has 2 unspecified atom stereocenters. The molecular weight excluding hydrogens is 340 g/mol. The molecule has 2 aromatic rings. The lowest BCUT2D eigenvalue weighted by atomic mass is 9.86. The number of anilines is 2. The summed E-state index contributed by atoms with van der Waals surface area (Å²) in [6, 6.07) is 13.9. The highest BCUT2D eigenvalue weighted by Gasteiger charge is 2.36. The number of nitrogens with one attached hydrogen (secondary N) is 1. The van der Waals surface area contributed by atoms with Gasteiger partial charge in [-0.25, -0.2) is 0 Å². The van der Waals surface area contributed by atoms with Gasteiger partial charge in [0.25, 0.3) is 0 Å². The summed E-state index contributed by atoms with van der Waals surface area (Å²) in [6.07, 6.45) is 0.789. The number of benzene rings is 2. The van der Waals surface area contributed by atoms with Gasteiger partial charge >= 0.3 is 0 Å². The third-order valence-corrected chi connectivity index (χ3v) is 5.17. The highest BCUT2D eigenvalue weighted by molar-refractivity contribution is 6.10. The molecular formula is C22H28N2O3. The van der Waals surface area contributed by atoms with Gasteiger partial charge in [0.05, 0.1) is 5.54 Å². The summed E-state index contributed by atoms with van der Waals surface area (Å²) in [7, 11) is 0. The maximum atomic E-state index is 13.2. The smallest absolute Gasteiger partial charge is 0.196 e. The molecule has 2 aromatic carbocycles. The average Bonchev–Trinajstić information content (AvgIpc) is 2.67. The number of nitrogens with two attached hydrogens (primary N) is 1. The molecule has 27 heavy (non-hydrogen) atoms. The van der Waals surface area contributed by atoms with Gasteiger partial charge in [0.1, 0.15) is 5.60 Å². The highest BCUT2D eigenvalue weighted by atomic mass is 16.3. The summed E-state index contributed by atoms with van der Waals surface area (Å²) >= 11 is 0. The lowest BCUT2D eigenvalue weighted by Gasteiger charge is -2.31. The number of carbonyl (C=O) groups excluding carboxylic acids is 2. The summed E-state index contributed by atoms with van der Waals surface area (Å²) in [5, 5.41) is 13.6. The van der Waals surface area contributed by atoms with Crippen LogP contribution >= 0.6 is 0 Å². The minimum atomic E-state index is -1.46. The fraction of sp³-hybridized carbons (Fsp3) is 0.364. The largest absolute Gasteiger partial charge is 0.398 e. The number of hydrogen-bond donors (Lipinski definition) is 3. The van der Waals surface area contributed by atoms with Gasteiger partial charge in [-0.1, -0.05) is 38.1 Å². The van der Waals surface area contributed by atoms with Gasteiger partial charge in [-0.2, -0.15) is 0 Å². The number of Topliss-reactive ketones (excluding diaryl/α,β-unsaturated/α-hetero) is 2. The maximum absolute atomic E-state index is 13.2. The second kappa shape index (κ2) is 7.92. The third kappa shape index (κ3) is 4.19. The number of hydrogen-bond acceptors (Lipinski definition) is 5. The number of carbonyl (C=O) groups is 2. The minimum Gasteiger partial charge on any atom is -0.398 e. The predicted octanol–water partition coefficient (Wildman–Crippen LogP) is 4.08. The summed E-state index contributed by atoms with van der Waals surface area (Å²) in [5.41, 5.74) is 5.30. The summed E-state index contributed by atoms with van der Waals surface area (Å²) < 4.78 is 0. The van der Waals surface area contributed by atoms with Gasteiger partial charge in [-0.3, -0.25) is 9.59 Å². The summed E-state index contributed by atoms with van der Waals surface area (Å²) in [6.45, 7) is 6.95. The van der Waals surface area contributed by atoms with Crippen molar-refractivity contribution in [3.8, 4) is 0 Å². The Morgan fingerprint density at radius 2 is 1.48 bits per heavy atom. The van der Waals surface area contributed by atoms with Crippen LogP contribution in [0, 0.1) is 0 Å². The lowest BCUT2D eigenvalue weighted by molar-refractivity contribution is 0.0391. The Labute approximate surface area is 160 Å². The van der Waals surface area contributed by atoms with Crippen molar-refractivity contribution in [3.05, 3.63) is 59.7 Å². The van der Waals surface area contributed by atoms with Crippen molar-refractivity contribution in [1.82, 2.24) is 0 Å². The molecule has 0 amide bonds. The van der Waals surface area contributed by atoms with E-state index >= 15 is 0 Å². The van der Waals surface area contributed by atoms with Crippen LogP contribution < -0.4 is 11.1 Å². The molecule has 2 atom stereocenters. The molecule has 2 rings (SSSR count). The first-order chi connectivity index (χ1) is 12.7. The second-order valence-corrected chi connectivity index (χ2v) is 7.23. The van der Waals surface area contributed by atoms with E-state index in [0.717, 1.165) is 0 Å². The monoisotopic (exact) mass is 368 g/mol. The molecule has 0 aliphatic carbocycles. The Balaban J connectivity index is 2.44. The maximum Gasteiger partial charge on any atom is 0.196 e. The fourth-order valence-electron chi connectivity index (χ4n) is 2.84. The summed E-state index contributed by atoms with van der Waals surface area (Å²) in [4.78, 5) is 26.0. The molecule has 0 spiro atoms. The third-order valence-electron chi connectivity index (χ3n) is 5.17. The van der Waals surface area contributed by atoms with Crippen LogP contribution in [-0.4, -0.2) is 27.8 Å². The van der Waals surface area contributed by atoms with E-state index in [2.05, 4.69) is 5.32 Å². The van der Waals surface area contributed by atoms with Gasteiger partial charge in [-0.15, -0.1) is 0 Å². The van der Waals surface area contributed by atoms with Gasteiger partial charge in [0.15, 0.2) is 11.6 Å². The van der Waals surface area contributed by atoms with Gasteiger partial charge < -0.3 is 16.2 Å². The normalized spacial score (nSPS) is 15.4. The second-order valence-electron chi connectivity index (χ2n) is 7.23. The molecule has 0 aliphatic heterocycles. The van der Waals surface area contributed by atoms with Crippen molar-refractivity contribution in [2.24, 2.45) is 0 Å². The average molecular weight is 368 g/mol. The first-order valence-corrected chi connectivity index (χ1v) is 9.20. The van der Waals surface area contributed by atoms with Crippen molar-refractivity contribution in [2.75, 3.05) is 11.1 Å².